The van der Waals surface area contributed by atoms with E-state index in [1.165, 1.54) is 0 Å². The molecule has 0 fully saturated rings. The standard InChI is InChI=1S/C13H11BrN2O4/c1-2-16-12(10(14)11(15-16)13(17)18)7-3-4-8-9(5-7)20-6-19-8/h3-5H,2,6H2,1H3,(H,17,18). The fourth-order valence-corrected chi connectivity index (χ4v) is 2.81. The van der Waals surface area contributed by atoms with Gasteiger partial charge in [0, 0.05) is 12.1 Å². The number of aromatic carboxylic acids is 1. The van der Waals surface area contributed by atoms with Crippen molar-refractivity contribution in [1.29, 1.82) is 0 Å². The highest BCUT2D eigenvalue weighted by Crippen LogP contribution is 2.38. The van der Waals surface area contributed by atoms with Crippen molar-refractivity contribution in [1.82, 2.24) is 9.78 Å². The van der Waals surface area contributed by atoms with Crippen LogP contribution < -0.4 is 9.47 Å². The van der Waals surface area contributed by atoms with E-state index in [4.69, 9.17) is 14.6 Å². The average Bonchev–Trinajstić information content (AvgIpc) is 3.01. The maximum absolute atomic E-state index is 11.2. The van der Waals surface area contributed by atoms with Crippen LogP contribution in [0.5, 0.6) is 11.5 Å². The van der Waals surface area contributed by atoms with Gasteiger partial charge in [-0.3, -0.25) is 4.68 Å². The summed E-state index contributed by atoms with van der Waals surface area (Å²) in [6.45, 7) is 2.67. The molecule has 2 heterocycles. The van der Waals surface area contributed by atoms with Crippen LogP contribution in [0.15, 0.2) is 22.7 Å². The summed E-state index contributed by atoms with van der Waals surface area (Å²) in [6, 6.07) is 5.48. The summed E-state index contributed by atoms with van der Waals surface area (Å²) >= 11 is 3.32. The monoisotopic (exact) mass is 338 g/mol. The molecule has 2 aromatic rings. The Kier molecular flexibility index (Phi) is 3.13. The highest BCUT2D eigenvalue weighted by Gasteiger charge is 2.23. The SMILES string of the molecule is CCn1nc(C(=O)O)c(Br)c1-c1ccc2c(c1)OCO2. The van der Waals surface area contributed by atoms with E-state index in [0.717, 1.165) is 5.56 Å². The van der Waals surface area contributed by atoms with Gasteiger partial charge >= 0.3 is 5.97 Å². The van der Waals surface area contributed by atoms with Crippen LogP contribution in [0.4, 0.5) is 0 Å². The zero-order valence-corrected chi connectivity index (χ0v) is 12.2. The molecule has 104 valence electrons. The van der Waals surface area contributed by atoms with Gasteiger partial charge in [-0.05, 0) is 41.1 Å². The Labute approximate surface area is 123 Å². The van der Waals surface area contributed by atoms with Gasteiger partial charge in [-0.15, -0.1) is 0 Å². The number of aromatic nitrogens is 2. The first-order chi connectivity index (χ1) is 9.61. The van der Waals surface area contributed by atoms with Crippen molar-refractivity contribution in [3.63, 3.8) is 0 Å². The molecule has 0 radical (unpaired) electrons. The Hall–Kier alpha value is -2.02. The third kappa shape index (κ3) is 1.94. The van der Waals surface area contributed by atoms with Crippen molar-refractivity contribution >= 4 is 21.9 Å². The molecule has 1 aliphatic heterocycles. The zero-order chi connectivity index (χ0) is 14.3. The maximum atomic E-state index is 11.2. The normalized spacial score (nSPS) is 12.7. The molecule has 6 nitrogen and oxygen atoms in total. The average molecular weight is 339 g/mol. The van der Waals surface area contributed by atoms with Gasteiger partial charge in [0.2, 0.25) is 6.79 Å². The lowest BCUT2D eigenvalue weighted by Gasteiger charge is -2.06. The van der Waals surface area contributed by atoms with Crippen molar-refractivity contribution in [2.45, 2.75) is 13.5 Å². The number of hydrogen-bond donors (Lipinski definition) is 1. The number of fused-ring (bicyclic) bond motifs is 1. The highest BCUT2D eigenvalue weighted by atomic mass is 79.9. The molecule has 7 heteroatoms. The van der Waals surface area contributed by atoms with E-state index in [-0.39, 0.29) is 12.5 Å². The number of nitrogens with zero attached hydrogens (tertiary/aromatic N) is 2. The molecular formula is C13H11BrN2O4. The van der Waals surface area contributed by atoms with Gasteiger partial charge in [0.15, 0.2) is 17.2 Å². The number of hydrogen-bond acceptors (Lipinski definition) is 4. The summed E-state index contributed by atoms with van der Waals surface area (Å²) in [5, 5.41) is 13.2. The highest BCUT2D eigenvalue weighted by molar-refractivity contribution is 9.10. The van der Waals surface area contributed by atoms with E-state index in [1.54, 1.807) is 10.7 Å². The van der Waals surface area contributed by atoms with E-state index < -0.39 is 5.97 Å². The Bertz CT molecular complexity index is 696. The van der Waals surface area contributed by atoms with Gasteiger partial charge in [0.25, 0.3) is 0 Å². The van der Waals surface area contributed by atoms with Gasteiger partial charge in [-0.2, -0.15) is 5.10 Å². The summed E-state index contributed by atoms with van der Waals surface area (Å²) < 4.78 is 12.7. The lowest BCUT2D eigenvalue weighted by Crippen LogP contribution is -2.02. The van der Waals surface area contributed by atoms with Gasteiger partial charge in [0.1, 0.15) is 0 Å². The maximum Gasteiger partial charge on any atom is 0.357 e. The van der Waals surface area contributed by atoms with E-state index >= 15 is 0 Å². The predicted octanol–water partition coefficient (Wildman–Crippen LogP) is 2.76. The van der Waals surface area contributed by atoms with Crippen molar-refractivity contribution in [2.24, 2.45) is 0 Å². The lowest BCUT2D eigenvalue weighted by atomic mass is 10.1. The minimum Gasteiger partial charge on any atom is -0.476 e. The van der Waals surface area contributed by atoms with E-state index in [1.807, 2.05) is 19.1 Å². The third-order valence-electron chi connectivity index (χ3n) is 3.04. The quantitative estimate of drug-likeness (QED) is 0.931. The van der Waals surface area contributed by atoms with Crippen LogP contribution in [0.2, 0.25) is 0 Å². The van der Waals surface area contributed by atoms with Crippen LogP contribution in [-0.4, -0.2) is 27.6 Å². The number of rotatable bonds is 3. The number of ether oxygens (including phenoxy) is 2. The van der Waals surface area contributed by atoms with Gasteiger partial charge < -0.3 is 14.6 Å². The van der Waals surface area contributed by atoms with Crippen molar-refractivity contribution in [2.75, 3.05) is 6.79 Å². The molecule has 1 N–H and O–H groups in total. The van der Waals surface area contributed by atoms with Crippen LogP contribution in [-0.2, 0) is 6.54 Å². The van der Waals surface area contributed by atoms with Crippen LogP contribution in [0.1, 0.15) is 17.4 Å². The molecular weight excluding hydrogens is 328 g/mol. The smallest absolute Gasteiger partial charge is 0.357 e. The first-order valence-corrected chi connectivity index (χ1v) is 6.80. The summed E-state index contributed by atoms with van der Waals surface area (Å²) in [7, 11) is 0. The Morgan fingerprint density at radius 2 is 2.20 bits per heavy atom. The largest absolute Gasteiger partial charge is 0.476 e. The van der Waals surface area contributed by atoms with Gasteiger partial charge in [-0.25, -0.2) is 4.79 Å². The molecule has 3 rings (SSSR count). The Balaban J connectivity index is 2.16. The second-order valence-corrected chi connectivity index (χ2v) is 4.99. The Morgan fingerprint density at radius 3 is 2.90 bits per heavy atom. The van der Waals surface area contributed by atoms with Gasteiger partial charge in [0.05, 0.1) is 10.2 Å². The van der Waals surface area contributed by atoms with Crippen LogP contribution in [0, 0.1) is 0 Å². The molecule has 0 saturated heterocycles. The molecule has 1 aromatic carbocycles. The molecule has 0 saturated carbocycles. The minimum atomic E-state index is -1.06. The second kappa shape index (κ2) is 4.82. The first kappa shape index (κ1) is 13.0. The molecule has 0 aliphatic carbocycles. The molecule has 1 aromatic heterocycles. The number of halogens is 1. The van der Waals surface area contributed by atoms with Crippen molar-refractivity contribution in [3.8, 4) is 22.8 Å². The number of carbonyl (C=O) groups is 1. The third-order valence-corrected chi connectivity index (χ3v) is 3.79. The first-order valence-electron chi connectivity index (χ1n) is 6.01. The minimum absolute atomic E-state index is 0.000447. The van der Waals surface area contributed by atoms with E-state index in [0.29, 0.717) is 28.2 Å². The van der Waals surface area contributed by atoms with Crippen molar-refractivity contribution in [3.05, 3.63) is 28.4 Å². The molecule has 0 bridgehead atoms. The number of carboxylic acids is 1. The molecule has 0 spiro atoms. The molecule has 1 aliphatic rings. The second-order valence-electron chi connectivity index (χ2n) is 4.20. The summed E-state index contributed by atoms with van der Waals surface area (Å²) in [5.74, 6) is 0.270. The van der Waals surface area contributed by atoms with Crippen molar-refractivity contribution < 1.29 is 19.4 Å². The zero-order valence-electron chi connectivity index (χ0n) is 10.6. The summed E-state index contributed by atoms with van der Waals surface area (Å²) in [5.41, 5.74) is 1.53. The summed E-state index contributed by atoms with van der Waals surface area (Å²) in [4.78, 5) is 11.2. The topological polar surface area (TPSA) is 73.6 Å². The molecule has 0 atom stereocenters. The lowest BCUT2D eigenvalue weighted by molar-refractivity contribution is 0.0688. The Morgan fingerprint density at radius 1 is 1.45 bits per heavy atom. The number of aryl methyl sites for hydroxylation is 1. The predicted molar refractivity (Wildman–Crippen MR) is 74.1 cm³/mol. The van der Waals surface area contributed by atoms with E-state index in [9.17, 15) is 4.79 Å². The van der Waals surface area contributed by atoms with Gasteiger partial charge in [-0.1, -0.05) is 0 Å². The molecule has 20 heavy (non-hydrogen) atoms. The summed E-state index contributed by atoms with van der Waals surface area (Å²) in [6.07, 6.45) is 0. The fourth-order valence-electron chi connectivity index (χ4n) is 2.13. The van der Waals surface area contributed by atoms with Crippen LogP contribution in [0.3, 0.4) is 0 Å². The number of benzene rings is 1. The van der Waals surface area contributed by atoms with Crippen LogP contribution >= 0.6 is 15.9 Å². The van der Waals surface area contributed by atoms with Crippen LogP contribution in [0.25, 0.3) is 11.3 Å². The van der Waals surface area contributed by atoms with E-state index in [2.05, 4.69) is 21.0 Å². The fraction of sp³-hybridized carbons (Fsp3) is 0.231. The molecule has 0 unspecified atom stereocenters. The number of carboxylic acid groups (broad SMARTS) is 1. The molecule has 0 amide bonds.